The molecule has 0 fully saturated rings. The molecule has 1 N–H and O–H groups in total. The quantitative estimate of drug-likeness (QED) is 0.844. The molecule has 18 heavy (non-hydrogen) atoms. The zero-order valence-corrected chi connectivity index (χ0v) is 10.0. The van der Waals surface area contributed by atoms with Gasteiger partial charge in [-0.1, -0.05) is 18.2 Å². The molecule has 1 atom stereocenters. The summed E-state index contributed by atoms with van der Waals surface area (Å²) in [5.41, 5.74) is 0.944. The highest BCUT2D eigenvalue weighted by Crippen LogP contribution is 2.11. The predicted molar refractivity (Wildman–Crippen MR) is 65.8 cm³/mol. The third kappa shape index (κ3) is 2.97. The lowest BCUT2D eigenvalue weighted by Crippen LogP contribution is -2.18. The second-order valence-corrected chi connectivity index (χ2v) is 4.10. The van der Waals surface area contributed by atoms with Gasteiger partial charge in [-0.05, 0) is 30.7 Å². The molecule has 0 aliphatic carbocycles. The van der Waals surface area contributed by atoms with Gasteiger partial charge in [0.2, 0.25) is 0 Å². The first-order valence-electron chi connectivity index (χ1n) is 5.74. The molecular weight excluding hydrogens is 233 g/mol. The summed E-state index contributed by atoms with van der Waals surface area (Å²) in [5.74, 6) is -0.705. The molecule has 2 rings (SSSR count). The molecule has 0 bridgehead atoms. The maximum Gasteiger partial charge on any atom is 0.355 e. The minimum absolute atomic E-state index is 0.278. The van der Waals surface area contributed by atoms with E-state index in [9.17, 15) is 9.18 Å². The van der Waals surface area contributed by atoms with E-state index in [4.69, 9.17) is 4.74 Å². The Morgan fingerprint density at radius 1 is 1.33 bits per heavy atom. The molecule has 0 saturated carbocycles. The van der Waals surface area contributed by atoms with Gasteiger partial charge in [-0.25, -0.2) is 9.18 Å². The van der Waals surface area contributed by atoms with E-state index in [1.807, 2.05) is 0 Å². The molecule has 4 heteroatoms. The number of aromatic nitrogens is 1. The molecule has 0 radical (unpaired) electrons. The van der Waals surface area contributed by atoms with E-state index in [0.717, 1.165) is 0 Å². The molecule has 2 aromatic rings. The Morgan fingerprint density at radius 2 is 2.11 bits per heavy atom. The van der Waals surface area contributed by atoms with Crippen LogP contribution in [0.5, 0.6) is 0 Å². The van der Waals surface area contributed by atoms with Crippen molar-refractivity contribution in [2.45, 2.75) is 19.4 Å². The van der Waals surface area contributed by atoms with Gasteiger partial charge in [0.1, 0.15) is 17.6 Å². The highest BCUT2D eigenvalue weighted by atomic mass is 19.1. The third-order valence-electron chi connectivity index (χ3n) is 2.59. The van der Waals surface area contributed by atoms with Crippen LogP contribution in [0.3, 0.4) is 0 Å². The summed E-state index contributed by atoms with van der Waals surface area (Å²) in [6, 6.07) is 9.84. The molecule has 1 unspecified atom stereocenters. The van der Waals surface area contributed by atoms with Crippen LogP contribution in [-0.4, -0.2) is 17.1 Å². The summed E-state index contributed by atoms with van der Waals surface area (Å²) in [4.78, 5) is 14.4. The molecule has 0 saturated heterocycles. The van der Waals surface area contributed by atoms with Crippen molar-refractivity contribution in [2.75, 3.05) is 0 Å². The van der Waals surface area contributed by atoms with Crippen molar-refractivity contribution in [3.05, 3.63) is 59.7 Å². The van der Waals surface area contributed by atoms with E-state index in [2.05, 4.69) is 4.98 Å². The topological polar surface area (TPSA) is 42.1 Å². The summed E-state index contributed by atoms with van der Waals surface area (Å²) in [6.45, 7) is 1.74. The predicted octanol–water partition coefficient (Wildman–Crippen LogP) is 2.94. The van der Waals surface area contributed by atoms with Gasteiger partial charge in [0.25, 0.3) is 0 Å². The summed E-state index contributed by atoms with van der Waals surface area (Å²) in [5, 5.41) is 0. The van der Waals surface area contributed by atoms with Crippen LogP contribution < -0.4 is 0 Å². The number of ether oxygens (including phenoxy) is 1. The Bertz CT molecular complexity index is 522. The second-order valence-electron chi connectivity index (χ2n) is 4.10. The molecule has 1 heterocycles. The second kappa shape index (κ2) is 5.49. The maximum absolute atomic E-state index is 13.4. The van der Waals surface area contributed by atoms with Gasteiger partial charge < -0.3 is 9.72 Å². The Labute approximate surface area is 105 Å². The molecule has 3 nitrogen and oxygen atoms in total. The van der Waals surface area contributed by atoms with E-state index in [1.165, 1.54) is 6.07 Å². The molecule has 0 aliphatic rings. The van der Waals surface area contributed by atoms with E-state index >= 15 is 0 Å². The van der Waals surface area contributed by atoms with Crippen LogP contribution in [0.2, 0.25) is 0 Å². The Morgan fingerprint density at radius 3 is 2.78 bits per heavy atom. The van der Waals surface area contributed by atoms with Crippen molar-refractivity contribution in [3.8, 4) is 0 Å². The molecule has 0 amide bonds. The fraction of sp³-hybridized carbons (Fsp3) is 0.214. The lowest BCUT2D eigenvalue weighted by Gasteiger charge is -2.13. The summed E-state index contributed by atoms with van der Waals surface area (Å²) in [6.07, 6.45) is 1.63. The van der Waals surface area contributed by atoms with Crippen molar-refractivity contribution >= 4 is 5.97 Å². The van der Waals surface area contributed by atoms with E-state index in [-0.39, 0.29) is 11.9 Å². The zero-order chi connectivity index (χ0) is 13.0. The number of halogens is 1. The van der Waals surface area contributed by atoms with Crippen LogP contribution in [0, 0.1) is 5.82 Å². The van der Waals surface area contributed by atoms with Gasteiger partial charge in [-0.2, -0.15) is 0 Å². The van der Waals surface area contributed by atoms with Crippen LogP contribution in [0.25, 0.3) is 0 Å². The highest BCUT2D eigenvalue weighted by molar-refractivity contribution is 5.87. The molecular formula is C14H14FNO2. The monoisotopic (exact) mass is 247 g/mol. The summed E-state index contributed by atoms with van der Waals surface area (Å²) < 4.78 is 18.6. The van der Waals surface area contributed by atoms with E-state index < -0.39 is 5.97 Å². The van der Waals surface area contributed by atoms with Crippen molar-refractivity contribution in [1.29, 1.82) is 0 Å². The van der Waals surface area contributed by atoms with Crippen LogP contribution >= 0.6 is 0 Å². The average molecular weight is 247 g/mol. The number of hydrogen-bond donors (Lipinski definition) is 1. The highest BCUT2D eigenvalue weighted by Gasteiger charge is 2.14. The van der Waals surface area contributed by atoms with Crippen molar-refractivity contribution in [1.82, 2.24) is 4.98 Å². The largest absolute Gasteiger partial charge is 0.458 e. The number of nitrogens with one attached hydrogen (secondary N) is 1. The minimum Gasteiger partial charge on any atom is -0.458 e. The maximum atomic E-state index is 13.4. The standard InChI is InChI=1S/C14H14FNO2/c1-10(9-11-5-2-3-6-12(11)15)18-14(17)13-7-4-8-16-13/h2-8,10,16H,9H2,1H3. The van der Waals surface area contributed by atoms with E-state index in [1.54, 1.807) is 43.5 Å². The fourth-order valence-electron chi connectivity index (χ4n) is 1.72. The van der Waals surface area contributed by atoms with Crippen LogP contribution in [0.15, 0.2) is 42.6 Å². The van der Waals surface area contributed by atoms with Gasteiger partial charge in [0, 0.05) is 12.6 Å². The average Bonchev–Trinajstić information content (AvgIpc) is 2.85. The van der Waals surface area contributed by atoms with Crippen molar-refractivity contribution < 1.29 is 13.9 Å². The minimum atomic E-state index is -0.427. The number of rotatable bonds is 4. The third-order valence-corrected chi connectivity index (χ3v) is 2.59. The van der Waals surface area contributed by atoms with Crippen LogP contribution in [-0.2, 0) is 11.2 Å². The Hall–Kier alpha value is -2.10. The van der Waals surface area contributed by atoms with Gasteiger partial charge in [0.05, 0.1) is 0 Å². The van der Waals surface area contributed by atoms with Gasteiger partial charge in [-0.15, -0.1) is 0 Å². The van der Waals surface area contributed by atoms with Gasteiger partial charge in [0.15, 0.2) is 0 Å². The number of carbonyl (C=O) groups is 1. The number of H-pyrrole nitrogens is 1. The fourth-order valence-corrected chi connectivity index (χ4v) is 1.72. The molecule has 1 aromatic carbocycles. The van der Waals surface area contributed by atoms with Gasteiger partial charge in [-0.3, -0.25) is 0 Å². The first-order valence-corrected chi connectivity index (χ1v) is 5.74. The van der Waals surface area contributed by atoms with Crippen LogP contribution in [0.4, 0.5) is 4.39 Å². The van der Waals surface area contributed by atoms with Crippen molar-refractivity contribution in [2.24, 2.45) is 0 Å². The van der Waals surface area contributed by atoms with Gasteiger partial charge >= 0.3 is 5.97 Å². The van der Waals surface area contributed by atoms with Crippen LogP contribution in [0.1, 0.15) is 23.0 Å². The summed E-state index contributed by atoms with van der Waals surface area (Å²) >= 11 is 0. The lowest BCUT2D eigenvalue weighted by atomic mass is 10.1. The zero-order valence-electron chi connectivity index (χ0n) is 10.0. The lowest BCUT2D eigenvalue weighted by molar-refractivity contribution is 0.0335. The summed E-state index contributed by atoms with van der Waals surface area (Å²) in [7, 11) is 0. The molecule has 94 valence electrons. The number of esters is 1. The normalized spacial score (nSPS) is 12.1. The Balaban J connectivity index is 1.95. The van der Waals surface area contributed by atoms with E-state index in [0.29, 0.717) is 17.7 Å². The Kier molecular flexibility index (Phi) is 3.77. The number of carbonyl (C=O) groups excluding carboxylic acids is 1. The molecule has 0 aliphatic heterocycles. The first kappa shape index (κ1) is 12.4. The number of hydrogen-bond acceptors (Lipinski definition) is 2. The van der Waals surface area contributed by atoms with Crippen molar-refractivity contribution in [3.63, 3.8) is 0 Å². The first-order chi connectivity index (χ1) is 8.66. The molecule has 0 spiro atoms. The smallest absolute Gasteiger partial charge is 0.355 e. The number of benzene rings is 1. The SMILES string of the molecule is CC(Cc1ccccc1F)OC(=O)c1ccc[nH]1. The number of aromatic amines is 1. The molecule has 1 aromatic heterocycles.